The van der Waals surface area contributed by atoms with Crippen molar-refractivity contribution in [2.75, 3.05) is 25.0 Å². The van der Waals surface area contributed by atoms with Crippen LogP contribution in [0, 0.1) is 6.92 Å². The lowest BCUT2D eigenvalue weighted by Gasteiger charge is -2.27. The number of anilines is 1. The number of nitrogens with zero attached hydrogens (tertiary/aromatic N) is 5. The first kappa shape index (κ1) is 18.7. The van der Waals surface area contributed by atoms with Crippen LogP contribution in [-0.4, -0.2) is 40.9 Å². The second-order valence-corrected chi connectivity index (χ2v) is 7.96. The van der Waals surface area contributed by atoms with Crippen LogP contribution in [0.3, 0.4) is 0 Å². The summed E-state index contributed by atoms with van der Waals surface area (Å²) in [6, 6.07) is 8.69. The van der Waals surface area contributed by atoms with Gasteiger partial charge in [0, 0.05) is 38.1 Å². The molecule has 1 aromatic carbocycles. The summed E-state index contributed by atoms with van der Waals surface area (Å²) >= 11 is 0. The molecule has 146 valence electrons. The van der Waals surface area contributed by atoms with Gasteiger partial charge >= 0.3 is 0 Å². The van der Waals surface area contributed by atoms with Crippen LogP contribution < -0.4 is 4.90 Å². The first-order chi connectivity index (χ1) is 13.6. The second kappa shape index (κ2) is 7.74. The van der Waals surface area contributed by atoms with Gasteiger partial charge in [0.05, 0.1) is 11.2 Å². The highest BCUT2D eigenvalue weighted by Crippen LogP contribution is 2.35. The first-order valence-electron chi connectivity index (χ1n) is 10.3. The zero-order valence-electron chi connectivity index (χ0n) is 17.3. The Kier molecular flexibility index (Phi) is 5.16. The molecule has 0 unspecified atom stereocenters. The van der Waals surface area contributed by atoms with Gasteiger partial charge in [0.15, 0.2) is 0 Å². The van der Waals surface area contributed by atoms with E-state index in [2.05, 4.69) is 59.4 Å². The predicted octanol–water partition coefficient (Wildman–Crippen LogP) is 4.87. The monoisotopic (exact) mass is 375 g/mol. The van der Waals surface area contributed by atoms with Gasteiger partial charge in [-0.15, -0.1) is 0 Å². The quantitative estimate of drug-likeness (QED) is 0.611. The molecule has 1 saturated heterocycles. The largest absolute Gasteiger partial charge is 0.341 e. The second-order valence-electron chi connectivity index (χ2n) is 7.96. The molecule has 0 radical (unpaired) electrons. The standard InChI is InChI=1S/C23H29N5/c1-16(2)22-21(18-9-8-17(3)19(14-18)15-24-4)20-10-11-25-23(28(20)26-22)27-12-6-5-7-13-27/h8-11,14-16H,5-7,12-13H2,1-4H3. The maximum Gasteiger partial charge on any atom is 0.227 e. The van der Waals surface area contributed by atoms with Gasteiger partial charge in [-0.2, -0.15) is 9.61 Å². The van der Waals surface area contributed by atoms with Crippen LogP contribution in [0.15, 0.2) is 35.5 Å². The van der Waals surface area contributed by atoms with E-state index in [1.54, 1.807) is 0 Å². The van der Waals surface area contributed by atoms with Crippen LogP contribution >= 0.6 is 0 Å². The van der Waals surface area contributed by atoms with Crippen molar-refractivity contribution >= 4 is 17.7 Å². The average Bonchev–Trinajstić information content (AvgIpc) is 3.10. The molecule has 0 aliphatic carbocycles. The minimum atomic E-state index is 0.328. The minimum Gasteiger partial charge on any atom is -0.341 e. The van der Waals surface area contributed by atoms with Crippen molar-refractivity contribution in [2.45, 2.75) is 46.0 Å². The topological polar surface area (TPSA) is 45.8 Å². The summed E-state index contributed by atoms with van der Waals surface area (Å²) < 4.78 is 2.06. The number of rotatable bonds is 4. The number of piperidine rings is 1. The molecule has 1 fully saturated rings. The molecule has 1 aliphatic rings. The van der Waals surface area contributed by atoms with Crippen molar-refractivity contribution in [2.24, 2.45) is 4.99 Å². The smallest absolute Gasteiger partial charge is 0.227 e. The summed E-state index contributed by atoms with van der Waals surface area (Å²) in [6.45, 7) is 8.66. The van der Waals surface area contributed by atoms with Crippen LogP contribution in [-0.2, 0) is 0 Å². The molecule has 0 bridgehead atoms. The third-order valence-corrected chi connectivity index (χ3v) is 5.58. The highest BCUT2D eigenvalue weighted by molar-refractivity contribution is 5.89. The summed E-state index contributed by atoms with van der Waals surface area (Å²) in [5.41, 5.74) is 7.03. The van der Waals surface area contributed by atoms with Gasteiger partial charge in [-0.3, -0.25) is 4.99 Å². The van der Waals surface area contributed by atoms with E-state index in [0.717, 1.165) is 35.8 Å². The van der Waals surface area contributed by atoms with Gasteiger partial charge in [-0.1, -0.05) is 26.0 Å². The van der Waals surface area contributed by atoms with Crippen molar-refractivity contribution in [3.05, 3.63) is 47.3 Å². The number of aliphatic imine (C=N–C) groups is 1. The van der Waals surface area contributed by atoms with E-state index in [1.807, 2.05) is 19.5 Å². The molecule has 5 nitrogen and oxygen atoms in total. The molecule has 0 atom stereocenters. The molecule has 3 heterocycles. The van der Waals surface area contributed by atoms with Crippen LogP contribution in [0.5, 0.6) is 0 Å². The highest BCUT2D eigenvalue weighted by atomic mass is 15.4. The van der Waals surface area contributed by atoms with E-state index >= 15 is 0 Å². The maximum absolute atomic E-state index is 5.04. The Bertz CT molecular complexity index is 1010. The van der Waals surface area contributed by atoms with Gasteiger partial charge in [-0.05, 0) is 60.9 Å². The molecule has 2 aromatic heterocycles. The van der Waals surface area contributed by atoms with E-state index < -0.39 is 0 Å². The number of aromatic nitrogens is 3. The lowest BCUT2D eigenvalue weighted by Crippen LogP contribution is -2.32. The molecule has 5 heteroatoms. The fourth-order valence-electron chi connectivity index (χ4n) is 4.07. The molecule has 0 saturated carbocycles. The molecular weight excluding hydrogens is 346 g/mol. The van der Waals surface area contributed by atoms with Crippen molar-refractivity contribution < 1.29 is 0 Å². The Morgan fingerprint density at radius 3 is 2.61 bits per heavy atom. The third kappa shape index (κ3) is 3.30. The summed E-state index contributed by atoms with van der Waals surface area (Å²) in [4.78, 5) is 11.3. The Labute approximate surface area is 167 Å². The van der Waals surface area contributed by atoms with E-state index in [0.29, 0.717) is 5.92 Å². The fourth-order valence-corrected chi connectivity index (χ4v) is 4.07. The Morgan fingerprint density at radius 1 is 1.11 bits per heavy atom. The molecule has 4 rings (SSSR count). The van der Waals surface area contributed by atoms with Crippen LogP contribution in [0.25, 0.3) is 16.6 Å². The Balaban J connectivity index is 1.93. The van der Waals surface area contributed by atoms with Gasteiger partial charge < -0.3 is 4.90 Å². The van der Waals surface area contributed by atoms with E-state index in [4.69, 9.17) is 10.1 Å². The summed E-state index contributed by atoms with van der Waals surface area (Å²) in [6.07, 6.45) is 7.61. The van der Waals surface area contributed by atoms with Gasteiger partial charge in [-0.25, -0.2) is 4.98 Å². The molecule has 0 amide bonds. The number of fused-ring (bicyclic) bond motifs is 1. The molecule has 0 N–H and O–H groups in total. The van der Waals surface area contributed by atoms with Crippen molar-refractivity contribution in [1.82, 2.24) is 14.6 Å². The van der Waals surface area contributed by atoms with Gasteiger partial charge in [0.2, 0.25) is 5.95 Å². The van der Waals surface area contributed by atoms with Crippen molar-refractivity contribution in [1.29, 1.82) is 0 Å². The normalized spacial score (nSPS) is 15.2. The number of aryl methyl sites for hydroxylation is 1. The van der Waals surface area contributed by atoms with Crippen LogP contribution in [0.1, 0.15) is 55.8 Å². The minimum absolute atomic E-state index is 0.328. The lowest BCUT2D eigenvalue weighted by molar-refractivity contribution is 0.562. The molecule has 1 aliphatic heterocycles. The first-order valence-corrected chi connectivity index (χ1v) is 10.3. The molecular formula is C23H29N5. The number of hydrogen-bond acceptors (Lipinski definition) is 4. The van der Waals surface area contributed by atoms with E-state index in [-0.39, 0.29) is 0 Å². The lowest BCUT2D eigenvalue weighted by atomic mass is 9.95. The van der Waals surface area contributed by atoms with Gasteiger partial charge in [0.25, 0.3) is 0 Å². The van der Waals surface area contributed by atoms with E-state index in [9.17, 15) is 0 Å². The maximum atomic E-state index is 5.04. The van der Waals surface area contributed by atoms with Crippen molar-refractivity contribution in [3.8, 4) is 11.1 Å². The summed E-state index contributed by atoms with van der Waals surface area (Å²) in [7, 11) is 1.82. The molecule has 28 heavy (non-hydrogen) atoms. The average molecular weight is 376 g/mol. The zero-order valence-corrected chi connectivity index (χ0v) is 17.3. The number of benzene rings is 1. The zero-order chi connectivity index (χ0) is 19.7. The van der Waals surface area contributed by atoms with Crippen LogP contribution in [0.4, 0.5) is 5.95 Å². The molecule has 3 aromatic rings. The summed E-state index contributed by atoms with van der Waals surface area (Å²) in [5.74, 6) is 1.29. The Hall–Kier alpha value is -2.69. The Morgan fingerprint density at radius 2 is 1.89 bits per heavy atom. The third-order valence-electron chi connectivity index (χ3n) is 5.58. The van der Waals surface area contributed by atoms with E-state index in [1.165, 1.54) is 36.0 Å². The van der Waals surface area contributed by atoms with Gasteiger partial charge in [0.1, 0.15) is 0 Å². The summed E-state index contributed by atoms with van der Waals surface area (Å²) in [5, 5.41) is 5.04. The highest BCUT2D eigenvalue weighted by Gasteiger charge is 2.22. The fraction of sp³-hybridized carbons (Fsp3) is 0.435. The predicted molar refractivity (Wildman–Crippen MR) is 117 cm³/mol. The van der Waals surface area contributed by atoms with Crippen molar-refractivity contribution in [3.63, 3.8) is 0 Å². The SMILES string of the molecule is CN=Cc1cc(-c2c(C(C)C)nn3c(N4CCCCC4)nccc23)ccc1C. The number of hydrogen-bond donors (Lipinski definition) is 0. The molecule has 0 spiro atoms. The van der Waals surface area contributed by atoms with Crippen LogP contribution in [0.2, 0.25) is 0 Å².